The van der Waals surface area contributed by atoms with Crippen LogP contribution >= 0.6 is 0 Å². The van der Waals surface area contributed by atoms with Crippen LogP contribution in [0.15, 0.2) is 0 Å². The molecule has 0 saturated heterocycles. The van der Waals surface area contributed by atoms with Gasteiger partial charge >= 0.3 is 18.0 Å². The van der Waals surface area contributed by atoms with Gasteiger partial charge in [-0.1, -0.05) is 0 Å². The Morgan fingerprint density at radius 1 is 1.38 bits per heavy atom. The summed E-state index contributed by atoms with van der Waals surface area (Å²) in [6.07, 6.45) is -0.0528. The molecule has 0 fully saturated rings. The van der Waals surface area contributed by atoms with E-state index < -0.39 is 24.0 Å². The summed E-state index contributed by atoms with van der Waals surface area (Å²) in [4.78, 5) is 34.0. The van der Waals surface area contributed by atoms with Crippen molar-refractivity contribution in [3.63, 3.8) is 0 Å². The van der Waals surface area contributed by atoms with Gasteiger partial charge in [-0.05, 0) is 6.42 Å². The Bertz CT molecular complexity index is 277. The number of carbonyl (C=O) groups is 3. The van der Waals surface area contributed by atoms with E-state index in [2.05, 4.69) is 10.1 Å². The monoisotopic (exact) mass is 232 g/mol. The van der Waals surface area contributed by atoms with Crippen LogP contribution in [0.2, 0.25) is 0 Å². The molecular weight excluding hydrogens is 216 g/mol. The molecule has 0 aromatic rings. The fourth-order valence-corrected chi connectivity index (χ4v) is 0.900. The van der Waals surface area contributed by atoms with Crippen molar-refractivity contribution >= 4 is 18.0 Å². The standard InChI is InChI=1S/C9H16N2O5/c1-11(2)9(15)10-6(8(13)14)4-5-7(12)16-3/h6H,4-5H2,1-3H3,(H,10,15)(H,13,14)/t6-/m0/s1. The summed E-state index contributed by atoms with van der Waals surface area (Å²) in [5.41, 5.74) is 0. The maximum atomic E-state index is 11.2. The van der Waals surface area contributed by atoms with Gasteiger partial charge in [0.05, 0.1) is 7.11 Å². The maximum Gasteiger partial charge on any atom is 0.326 e. The van der Waals surface area contributed by atoms with Gasteiger partial charge in [-0.15, -0.1) is 0 Å². The average molecular weight is 232 g/mol. The number of nitrogens with zero attached hydrogens (tertiary/aromatic N) is 1. The SMILES string of the molecule is COC(=O)CC[C@H](NC(=O)N(C)C)C(=O)O. The number of hydrogen-bond acceptors (Lipinski definition) is 4. The third-order valence-electron chi connectivity index (χ3n) is 1.87. The number of nitrogens with one attached hydrogen (secondary N) is 1. The van der Waals surface area contributed by atoms with Crippen molar-refractivity contribution in [1.82, 2.24) is 10.2 Å². The number of carboxylic acids is 1. The Balaban J connectivity index is 4.24. The molecule has 2 amide bonds. The third kappa shape index (κ3) is 5.18. The molecule has 0 rings (SSSR count). The highest BCUT2D eigenvalue weighted by Gasteiger charge is 2.21. The largest absolute Gasteiger partial charge is 0.480 e. The van der Waals surface area contributed by atoms with Crippen molar-refractivity contribution in [2.45, 2.75) is 18.9 Å². The number of amides is 2. The van der Waals surface area contributed by atoms with Crippen molar-refractivity contribution in [3.05, 3.63) is 0 Å². The number of ether oxygens (including phenoxy) is 1. The second kappa shape index (κ2) is 6.65. The van der Waals surface area contributed by atoms with Gasteiger partial charge < -0.3 is 20.1 Å². The number of carboxylic acid groups (broad SMARTS) is 1. The van der Waals surface area contributed by atoms with Crippen molar-refractivity contribution < 1.29 is 24.2 Å². The fourth-order valence-electron chi connectivity index (χ4n) is 0.900. The summed E-state index contributed by atoms with van der Waals surface area (Å²) >= 11 is 0. The molecule has 0 aromatic carbocycles. The summed E-state index contributed by atoms with van der Waals surface area (Å²) in [5, 5.41) is 11.1. The lowest BCUT2D eigenvalue weighted by Crippen LogP contribution is -2.45. The Hall–Kier alpha value is -1.79. The van der Waals surface area contributed by atoms with Gasteiger partial charge in [0.25, 0.3) is 0 Å². The normalized spacial score (nSPS) is 11.4. The minimum Gasteiger partial charge on any atom is -0.480 e. The predicted molar refractivity (Wildman–Crippen MR) is 54.9 cm³/mol. The van der Waals surface area contributed by atoms with Gasteiger partial charge in [-0.2, -0.15) is 0 Å². The number of aliphatic carboxylic acids is 1. The van der Waals surface area contributed by atoms with Crippen LogP contribution in [0.4, 0.5) is 4.79 Å². The minimum atomic E-state index is -1.18. The molecule has 7 heteroatoms. The van der Waals surface area contributed by atoms with Crippen LogP contribution < -0.4 is 5.32 Å². The summed E-state index contributed by atoms with van der Waals surface area (Å²) < 4.78 is 4.38. The Morgan fingerprint density at radius 3 is 2.31 bits per heavy atom. The number of rotatable bonds is 5. The Kier molecular flexibility index (Phi) is 5.91. The maximum absolute atomic E-state index is 11.2. The van der Waals surface area contributed by atoms with Crippen LogP contribution in [-0.4, -0.2) is 55.2 Å². The molecule has 0 unspecified atom stereocenters. The van der Waals surface area contributed by atoms with E-state index in [0.717, 1.165) is 0 Å². The molecule has 0 aliphatic carbocycles. The van der Waals surface area contributed by atoms with E-state index in [0.29, 0.717) is 0 Å². The molecule has 0 spiro atoms. The lowest BCUT2D eigenvalue weighted by Gasteiger charge is -2.17. The highest BCUT2D eigenvalue weighted by Crippen LogP contribution is 2.00. The van der Waals surface area contributed by atoms with E-state index in [1.165, 1.54) is 26.1 Å². The summed E-state index contributed by atoms with van der Waals surface area (Å²) in [5.74, 6) is -1.69. The van der Waals surface area contributed by atoms with E-state index in [1.54, 1.807) is 0 Å². The van der Waals surface area contributed by atoms with Crippen molar-refractivity contribution in [3.8, 4) is 0 Å². The summed E-state index contributed by atoms with van der Waals surface area (Å²) in [6, 6.07) is -1.61. The second-order valence-electron chi connectivity index (χ2n) is 3.35. The molecular formula is C9H16N2O5. The third-order valence-corrected chi connectivity index (χ3v) is 1.87. The van der Waals surface area contributed by atoms with E-state index in [1.807, 2.05) is 0 Å². The number of methoxy groups -OCH3 is 1. The van der Waals surface area contributed by atoms with Crippen LogP contribution in [0.1, 0.15) is 12.8 Å². The minimum absolute atomic E-state index is 0.00157. The van der Waals surface area contributed by atoms with Crippen LogP contribution in [-0.2, 0) is 14.3 Å². The number of esters is 1. The van der Waals surface area contributed by atoms with Gasteiger partial charge in [-0.3, -0.25) is 4.79 Å². The van der Waals surface area contributed by atoms with E-state index in [4.69, 9.17) is 5.11 Å². The summed E-state index contributed by atoms with van der Waals surface area (Å²) in [6.45, 7) is 0. The van der Waals surface area contributed by atoms with Crippen LogP contribution in [0.25, 0.3) is 0 Å². The highest BCUT2D eigenvalue weighted by atomic mass is 16.5. The lowest BCUT2D eigenvalue weighted by atomic mass is 10.1. The molecule has 0 aromatic heterocycles. The predicted octanol–water partition coefficient (Wildman–Crippen LogP) is -0.336. The Labute approximate surface area is 93.4 Å². The van der Waals surface area contributed by atoms with Gasteiger partial charge in [0.15, 0.2) is 0 Å². The molecule has 0 radical (unpaired) electrons. The molecule has 0 bridgehead atoms. The molecule has 92 valence electrons. The zero-order valence-electron chi connectivity index (χ0n) is 9.52. The van der Waals surface area contributed by atoms with E-state index in [-0.39, 0.29) is 12.8 Å². The second-order valence-corrected chi connectivity index (χ2v) is 3.35. The van der Waals surface area contributed by atoms with Gasteiger partial charge in [0.2, 0.25) is 0 Å². The molecule has 0 saturated carbocycles. The summed E-state index contributed by atoms with van der Waals surface area (Å²) in [7, 11) is 4.21. The first-order valence-corrected chi connectivity index (χ1v) is 4.66. The first kappa shape index (κ1) is 14.2. The van der Waals surface area contributed by atoms with Crippen molar-refractivity contribution in [1.29, 1.82) is 0 Å². The molecule has 2 N–H and O–H groups in total. The van der Waals surface area contributed by atoms with E-state index in [9.17, 15) is 14.4 Å². The zero-order chi connectivity index (χ0) is 12.7. The van der Waals surface area contributed by atoms with Crippen LogP contribution in [0.3, 0.4) is 0 Å². The number of carbonyl (C=O) groups excluding carboxylic acids is 2. The van der Waals surface area contributed by atoms with Gasteiger partial charge in [0, 0.05) is 20.5 Å². The zero-order valence-corrected chi connectivity index (χ0v) is 9.52. The Morgan fingerprint density at radius 2 is 1.94 bits per heavy atom. The number of urea groups is 1. The first-order valence-electron chi connectivity index (χ1n) is 4.66. The van der Waals surface area contributed by atoms with Gasteiger partial charge in [0.1, 0.15) is 6.04 Å². The quantitative estimate of drug-likeness (QED) is 0.632. The smallest absolute Gasteiger partial charge is 0.326 e. The topological polar surface area (TPSA) is 95.9 Å². The molecule has 7 nitrogen and oxygen atoms in total. The molecule has 16 heavy (non-hydrogen) atoms. The van der Waals surface area contributed by atoms with Crippen molar-refractivity contribution in [2.75, 3.05) is 21.2 Å². The average Bonchev–Trinajstić information content (AvgIpc) is 2.22. The first-order chi connectivity index (χ1) is 7.38. The fraction of sp³-hybridized carbons (Fsp3) is 0.667. The number of hydrogen-bond donors (Lipinski definition) is 2. The van der Waals surface area contributed by atoms with Crippen LogP contribution in [0.5, 0.6) is 0 Å². The van der Waals surface area contributed by atoms with Crippen molar-refractivity contribution in [2.24, 2.45) is 0 Å². The lowest BCUT2D eigenvalue weighted by molar-refractivity contribution is -0.142. The van der Waals surface area contributed by atoms with Gasteiger partial charge in [-0.25, -0.2) is 9.59 Å². The molecule has 0 heterocycles. The molecule has 1 atom stereocenters. The van der Waals surface area contributed by atoms with Crippen LogP contribution in [0, 0.1) is 0 Å². The van der Waals surface area contributed by atoms with E-state index >= 15 is 0 Å². The molecule has 0 aliphatic heterocycles. The molecule has 0 aliphatic rings. The highest BCUT2D eigenvalue weighted by molar-refractivity contribution is 5.82.